The summed E-state index contributed by atoms with van der Waals surface area (Å²) in [4.78, 5) is 25.6. The minimum Gasteiger partial charge on any atom is -0.349 e. The van der Waals surface area contributed by atoms with E-state index in [1.807, 2.05) is 38.1 Å². The minimum absolute atomic E-state index is 0.0686. The number of nitrogens with one attached hydrogen (secondary N) is 3. The number of carbonyl (C=O) groups is 2. The lowest BCUT2D eigenvalue weighted by molar-refractivity contribution is -0.128. The van der Waals surface area contributed by atoms with Crippen LogP contribution in [-0.4, -0.2) is 47.7 Å². The number of amides is 3. The number of nitrogens with zero attached hydrogens (tertiary/aromatic N) is 2. The van der Waals surface area contributed by atoms with Crippen molar-refractivity contribution in [2.24, 2.45) is 0 Å². The number of aromatic nitrogens is 2. The molecule has 27 heavy (non-hydrogen) atoms. The van der Waals surface area contributed by atoms with Crippen LogP contribution in [0, 0.1) is 13.8 Å². The van der Waals surface area contributed by atoms with Crippen LogP contribution in [0.3, 0.4) is 0 Å². The number of H-pyrrole nitrogens is 1. The lowest BCUT2D eigenvalue weighted by atomic mass is 10.1. The maximum absolute atomic E-state index is 12.2. The number of rotatable bonds is 8. The van der Waals surface area contributed by atoms with Crippen LogP contribution >= 0.6 is 0 Å². The Bertz CT molecular complexity index is 763. The van der Waals surface area contributed by atoms with E-state index in [-0.39, 0.29) is 11.9 Å². The van der Waals surface area contributed by atoms with Crippen molar-refractivity contribution >= 4 is 17.6 Å². The van der Waals surface area contributed by atoms with Crippen molar-refractivity contribution in [3.63, 3.8) is 0 Å². The zero-order chi connectivity index (χ0) is 19.8. The smallest absolute Gasteiger partial charge is 0.319 e. The van der Waals surface area contributed by atoms with Crippen LogP contribution in [0.5, 0.6) is 0 Å². The zero-order valence-electron chi connectivity index (χ0n) is 16.6. The number of anilines is 1. The number of hydrogen-bond donors (Lipinski definition) is 3. The first-order valence-corrected chi connectivity index (χ1v) is 9.22. The minimum atomic E-state index is -0.234. The van der Waals surface area contributed by atoms with Crippen LogP contribution in [0.4, 0.5) is 10.5 Å². The number of carbonyl (C=O) groups excluding carboxylic acids is 2. The number of benzene rings is 1. The van der Waals surface area contributed by atoms with Gasteiger partial charge in [-0.2, -0.15) is 5.10 Å². The highest BCUT2D eigenvalue weighted by Gasteiger charge is 2.10. The topological polar surface area (TPSA) is 90.1 Å². The Morgan fingerprint density at radius 2 is 1.89 bits per heavy atom. The Morgan fingerprint density at radius 3 is 2.56 bits per heavy atom. The second-order valence-electron chi connectivity index (χ2n) is 6.84. The van der Waals surface area contributed by atoms with Gasteiger partial charge in [-0.05, 0) is 50.3 Å². The van der Waals surface area contributed by atoms with E-state index in [9.17, 15) is 9.59 Å². The molecule has 146 valence electrons. The molecule has 0 spiro atoms. The largest absolute Gasteiger partial charge is 0.349 e. The van der Waals surface area contributed by atoms with E-state index in [1.54, 1.807) is 19.0 Å². The molecule has 1 heterocycles. The van der Waals surface area contributed by atoms with Gasteiger partial charge in [0.15, 0.2) is 0 Å². The second kappa shape index (κ2) is 9.75. The van der Waals surface area contributed by atoms with Crippen LogP contribution in [0.15, 0.2) is 24.3 Å². The van der Waals surface area contributed by atoms with E-state index in [0.717, 1.165) is 35.5 Å². The molecule has 0 aliphatic heterocycles. The molecule has 0 bridgehead atoms. The summed E-state index contributed by atoms with van der Waals surface area (Å²) in [5.41, 5.74) is 5.00. The number of para-hydroxylation sites is 1. The van der Waals surface area contributed by atoms with E-state index in [1.165, 1.54) is 5.56 Å². The van der Waals surface area contributed by atoms with Gasteiger partial charge in [0.1, 0.15) is 0 Å². The van der Waals surface area contributed by atoms with E-state index >= 15 is 0 Å². The van der Waals surface area contributed by atoms with Gasteiger partial charge in [-0.15, -0.1) is 0 Å². The summed E-state index contributed by atoms with van der Waals surface area (Å²) in [6.07, 6.45) is 2.72. The Kier molecular flexibility index (Phi) is 7.40. The number of aromatic amines is 1. The van der Waals surface area contributed by atoms with Crippen molar-refractivity contribution in [1.29, 1.82) is 0 Å². The fraction of sp³-hybridized carbons (Fsp3) is 0.450. The van der Waals surface area contributed by atoms with Gasteiger partial charge in [0, 0.05) is 38.4 Å². The zero-order valence-corrected chi connectivity index (χ0v) is 16.6. The van der Waals surface area contributed by atoms with E-state index in [0.29, 0.717) is 19.4 Å². The van der Waals surface area contributed by atoms with E-state index in [4.69, 9.17) is 0 Å². The molecule has 7 heteroatoms. The first-order chi connectivity index (χ1) is 12.9. The number of hydrogen-bond acceptors (Lipinski definition) is 3. The normalized spacial score (nSPS) is 10.5. The summed E-state index contributed by atoms with van der Waals surface area (Å²) in [5.74, 6) is 0.0686. The maximum Gasteiger partial charge on any atom is 0.319 e. The average Bonchev–Trinajstić information content (AvgIpc) is 2.95. The fourth-order valence-electron chi connectivity index (χ4n) is 2.90. The predicted octanol–water partition coefficient (Wildman–Crippen LogP) is 2.80. The molecule has 0 aliphatic rings. The summed E-state index contributed by atoms with van der Waals surface area (Å²) in [6, 6.07) is 7.34. The van der Waals surface area contributed by atoms with Crippen LogP contribution in [-0.2, 0) is 17.6 Å². The predicted molar refractivity (Wildman–Crippen MR) is 107 cm³/mol. The molecule has 0 aliphatic carbocycles. The second-order valence-corrected chi connectivity index (χ2v) is 6.84. The van der Waals surface area contributed by atoms with Gasteiger partial charge in [-0.3, -0.25) is 9.89 Å². The average molecular weight is 371 g/mol. The summed E-state index contributed by atoms with van der Waals surface area (Å²) in [7, 11) is 3.49. The highest BCUT2D eigenvalue weighted by Crippen LogP contribution is 2.17. The molecule has 0 unspecified atom stereocenters. The Balaban J connectivity index is 1.80. The molecule has 0 fully saturated rings. The highest BCUT2D eigenvalue weighted by atomic mass is 16.2. The van der Waals surface area contributed by atoms with Gasteiger partial charge in [0.2, 0.25) is 5.91 Å². The maximum atomic E-state index is 12.2. The van der Waals surface area contributed by atoms with Crippen molar-refractivity contribution < 1.29 is 9.59 Å². The lowest BCUT2D eigenvalue weighted by Crippen LogP contribution is -2.30. The van der Waals surface area contributed by atoms with Crippen molar-refractivity contribution in [2.75, 3.05) is 26.0 Å². The van der Waals surface area contributed by atoms with E-state index < -0.39 is 0 Å². The Morgan fingerprint density at radius 1 is 1.15 bits per heavy atom. The summed E-state index contributed by atoms with van der Waals surface area (Å²) in [6.45, 7) is 4.57. The molecular formula is C20H29N5O2. The van der Waals surface area contributed by atoms with Crippen LogP contribution in [0.1, 0.15) is 35.4 Å². The van der Waals surface area contributed by atoms with Crippen molar-refractivity contribution in [2.45, 2.75) is 39.5 Å². The molecule has 3 amide bonds. The third-order valence-corrected chi connectivity index (χ3v) is 4.54. The number of urea groups is 1. The molecule has 1 aromatic carbocycles. The van der Waals surface area contributed by atoms with Gasteiger partial charge in [0.05, 0.1) is 5.69 Å². The molecule has 0 saturated carbocycles. The number of aryl methyl sites for hydroxylation is 3. The monoisotopic (exact) mass is 371 g/mol. The first-order valence-electron chi connectivity index (χ1n) is 9.22. The molecule has 7 nitrogen and oxygen atoms in total. The van der Waals surface area contributed by atoms with Crippen molar-refractivity contribution in [3.8, 4) is 0 Å². The van der Waals surface area contributed by atoms with Crippen molar-refractivity contribution in [3.05, 3.63) is 46.8 Å². The quantitative estimate of drug-likeness (QED) is 0.623. The molecule has 0 saturated heterocycles. The fourth-order valence-corrected chi connectivity index (χ4v) is 2.90. The van der Waals surface area contributed by atoms with Crippen LogP contribution in [0.25, 0.3) is 0 Å². The summed E-state index contributed by atoms with van der Waals surface area (Å²) >= 11 is 0. The molecular weight excluding hydrogens is 342 g/mol. The molecule has 0 atom stereocenters. The van der Waals surface area contributed by atoms with Crippen molar-refractivity contribution in [1.82, 2.24) is 20.4 Å². The molecule has 0 radical (unpaired) electrons. The third kappa shape index (κ3) is 6.13. The molecule has 2 rings (SSSR count). The highest BCUT2D eigenvalue weighted by molar-refractivity contribution is 5.90. The third-order valence-electron chi connectivity index (χ3n) is 4.54. The lowest BCUT2D eigenvalue weighted by Gasteiger charge is -2.13. The van der Waals surface area contributed by atoms with Gasteiger partial charge < -0.3 is 15.5 Å². The summed E-state index contributed by atoms with van der Waals surface area (Å²) in [5, 5.41) is 12.9. The van der Waals surface area contributed by atoms with Gasteiger partial charge in [-0.1, -0.05) is 18.2 Å². The standard InChI is InChI=1S/C20H29N5O2/c1-14-17(15(2)24-23-14)9-7-13-21-20(27)22-18-10-6-5-8-16(18)11-12-19(26)25(3)4/h5-6,8,10H,7,9,11-13H2,1-4H3,(H,23,24)(H2,21,22,27). The van der Waals surface area contributed by atoms with Gasteiger partial charge in [0.25, 0.3) is 0 Å². The Labute approximate surface area is 160 Å². The molecule has 2 aromatic rings. The van der Waals surface area contributed by atoms with Crippen LogP contribution < -0.4 is 10.6 Å². The van der Waals surface area contributed by atoms with Gasteiger partial charge in [-0.25, -0.2) is 4.79 Å². The summed E-state index contributed by atoms with van der Waals surface area (Å²) < 4.78 is 0. The SMILES string of the molecule is Cc1n[nH]c(C)c1CCCNC(=O)Nc1ccccc1CCC(=O)N(C)C. The molecule has 3 N–H and O–H groups in total. The molecule has 1 aromatic heterocycles. The van der Waals surface area contributed by atoms with E-state index in [2.05, 4.69) is 20.8 Å². The van der Waals surface area contributed by atoms with Crippen LogP contribution in [0.2, 0.25) is 0 Å². The Hall–Kier alpha value is -2.83. The first kappa shape index (κ1) is 20.5. The van der Waals surface area contributed by atoms with Gasteiger partial charge >= 0.3 is 6.03 Å².